The smallest absolute Gasteiger partial charge is 0.316 e. The van der Waals surface area contributed by atoms with Crippen molar-refractivity contribution in [1.29, 1.82) is 0 Å². The number of hydrogen-bond acceptors (Lipinski definition) is 4. The van der Waals surface area contributed by atoms with Gasteiger partial charge in [-0.1, -0.05) is 24.3 Å². The summed E-state index contributed by atoms with van der Waals surface area (Å²) >= 11 is 0. The van der Waals surface area contributed by atoms with E-state index >= 15 is 0 Å². The molecule has 0 aliphatic heterocycles. The summed E-state index contributed by atoms with van der Waals surface area (Å²) in [5.74, 6) is 0.260. The fourth-order valence-corrected chi connectivity index (χ4v) is 2.75. The molecule has 0 bridgehead atoms. The van der Waals surface area contributed by atoms with Crippen LogP contribution in [0.25, 0.3) is 27.8 Å². The molecule has 0 saturated heterocycles. The molecule has 2 aromatic carbocycles. The van der Waals surface area contributed by atoms with Crippen LogP contribution in [0.3, 0.4) is 0 Å². The SMILES string of the molecule is CC(C)(C)C(=O)Oc1ccc(-n2cc(-c3ccc4ccccc4n3)cn2)cc1. The van der Waals surface area contributed by atoms with Crippen LogP contribution < -0.4 is 4.74 Å². The monoisotopic (exact) mass is 371 g/mol. The maximum absolute atomic E-state index is 12.0. The van der Waals surface area contributed by atoms with Gasteiger partial charge in [-0.15, -0.1) is 0 Å². The number of para-hydroxylation sites is 1. The van der Waals surface area contributed by atoms with E-state index in [1.54, 1.807) is 23.0 Å². The molecule has 0 spiro atoms. The molecule has 0 fully saturated rings. The number of nitrogens with zero attached hydrogens (tertiary/aromatic N) is 3. The van der Waals surface area contributed by atoms with Gasteiger partial charge in [-0.05, 0) is 57.2 Å². The average Bonchev–Trinajstić information content (AvgIpc) is 3.17. The molecular weight excluding hydrogens is 350 g/mol. The number of ether oxygens (including phenoxy) is 1. The zero-order chi connectivity index (χ0) is 19.7. The molecule has 0 aliphatic carbocycles. The minimum atomic E-state index is -0.539. The number of carbonyl (C=O) groups excluding carboxylic acids is 1. The molecule has 5 nitrogen and oxygen atoms in total. The van der Waals surface area contributed by atoms with Crippen molar-refractivity contribution < 1.29 is 9.53 Å². The van der Waals surface area contributed by atoms with Crippen LogP contribution in [0.15, 0.2) is 73.1 Å². The predicted octanol–water partition coefficient (Wildman–Crippen LogP) is 5.04. The molecule has 140 valence electrons. The first-order valence-corrected chi connectivity index (χ1v) is 9.14. The van der Waals surface area contributed by atoms with Crippen LogP contribution in [0.2, 0.25) is 0 Å². The number of benzene rings is 2. The number of aromatic nitrogens is 3. The number of esters is 1. The molecular formula is C23H21N3O2. The Morgan fingerprint density at radius 1 is 0.964 bits per heavy atom. The molecule has 4 rings (SSSR count). The summed E-state index contributed by atoms with van der Waals surface area (Å²) in [4.78, 5) is 16.7. The van der Waals surface area contributed by atoms with Crippen molar-refractivity contribution in [1.82, 2.24) is 14.8 Å². The van der Waals surface area contributed by atoms with Gasteiger partial charge in [0, 0.05) is 17.1 Å². The fraction of sp³-hybridized carbons (Fsp3) is 0.174. The second-order valence-electron chi connectivity index (χ2n) is 7.70. The number of rotatable bonds is 3. The van der Waals surface area contributed by atoms with Gasteiger partial charge in [0.15, 0.2) is 0 Å². The van der Waals surface area contributed by atoms with Gasteiger partial charge in [0.2, 0.25) is 0 Å². The molecule has 0 aliphatic rings. The van der Waals surface area contributed by atoms with Gasteiger partial charge in [-0.2, -0.15) is 5.10 Å². The molecule has 28 heavy (non-hydrogen) atoms. The minimum Gasteiger partial charge on any atom is -0.426 e. The van der Waals surface area contributed by atoms with Crippen LogP contribution in [0.1, 0.15) is 20.8 Å². The number of pyridine rings is 1. The summed E-state index contributed by atoms with van der Waals surface area (Å²) in [6, 6.07) is 19.4. The van der Waals surface area contributed by atoms with Crippen LogP contribution in [0, 0.1) is 5.41 Å². The summed E-state index contributed by atoms with van der Waals surface area (Å²) in [5.41, 5.74) is 3.11. The molecule has 2 heterocycles. The lowest BCUT2D eigenvalue weighted by atomic mass is 9.97. The summed E-state index contributed by atoms with van der Waals surface area (Å²) in [6.45, 7) is 5.49. The van der Waals surface area contributed by atoms with Crippen molar-refractivity contribution in [3.05, 3.63) is 73.1 Å². The minimum absolute atomic E-state index is 0.260. The fourth-order valence-electron chi connectivity index (χ4n) is 2.75. The zero-order valence-electron chi connectivity index (χ0n) is 16.1. The molecule has 0 saturated carbocycles. The van der Waals surface area contributed by atoms with E-state index in [9.17, 15) is 4.79 Å². The molecule has 0 atom stereocenters. The Morgan fingerprint density at radius 3 is 2.46 bits per heavy atom. The second kappa shape index (κ2) is 6.93. The lowest BCUT2D eigenvalue weighted by Crippen LogP contribution is -2.25. The molecule has 0 N–H and O–H groups in total. The highest BCUT2D eigenvalue weighted by Crippen LogP contribution is 2.23. The van der Waals surface area contributed by atoms with Crippen molar-refractivity contribution in [2.75, 3.05) is 0 Å². The molecule has 0 unspecified atom stereocenters. The number of hydrogen-bond donors (Lipinski definition) is 0. The topological polar surface area (TPSA) is 57.0 Å². The van der Waals surface area contributed by atoms with E-state index in [1.807, 2.05) is 69.4 Å². The molecule has 4 aromatic rings. The standard InChI is InChI=1S/C23H21N3O2/c1-23(2,3)22(27)28-19-11-9-18(10-12-19)26-15-17(14-24-26)21-13-8-16-6-4-5-7-20(16)25-21/h4-15H,1-3H3. The predicted molar refractivity (Wildman–Crippen MR) is 109 cm³/mol. The Bertz CT molecular complexity index is 1140. The van der Waals surface area contributed by atoms with Gasteiger partial charge in [0.1, 0.15) is 5.75 Å². The molecule has 0 amide bonds. The van der Waals surface area contributed by atoms with Crippen LogP contribution in [-0.2, 0) is 4.79 Å². The quantitative estimate of drug-likeness (QED) is 0.374. The van der Waals surface area contributed by atoms with E-state index in [0.29, 0.717) is 5.75 Å². The third-order valence-corrected chi connectivity index (χ3v) is 4.40. The Kier molecular flexibility index (Phi) is 4.43. The van der Waals surface area contributed by atoms with Gasteiger partial charge >= 0.3 is 5.97 Å². The number of carbonyl (C=O) groups is 1. The summed E-state index contributed by atoms with van der Waals surface area (Å²) < 4.78 is 7.19. The van der Waals surface area contributed by atoms with Gasteiger partial charge in [-0.3, -0.25) is 4.79 Å². The Labute approximate surface area is 163 Å². The number of fused-ring (bicyclic) bond motifs is 1. The summed E-state index contributed by atoms with van der Waals surface area (Å²) in [7, 11) is 0. The van der Waals surface area contributed by atoms with E-state index in [2.05, 4.69) is 11.2 Å². The average molecular weight is 371 g/mol. The lowest BCUT2D eigenvalue weighted by Gasteiger charge is -2.16. The van der Waals surface area contributed by atoms with Crippen LogP contribution >= 0.6 is 0 Å². The largest absolute Gasteiger partial charge is 0.426 e. The third kappa shape index (κ3) is 3.64. The second-order valence-corrected chi connectivity index (χ2v) is 7.70. The molecule has 2 aromatic heterocycles. The van der Waals surface area contributed by atoms with Gasteiger partial charge < -0.3 is 4.74 Å². The molecule has 0 radical (unpaired) electrons. The van der Waals surface area contributed by atoms with Gasteiger partial charge in [0.25, 0.3) is 0 Å². The van der Waals surface area contributed by atoms with Crippen molar-refractivity contribution in [2.24, 2.45) is 5.41 Å². The Hall–Kier alpha value is -3.47. The maximum Gasteiger partial charge on any atom is 0.316 e. The highest BCUT2D eigenvalue weighted by atomic mass is 16.5. The van der Waals surface area contributed by atoms with Crippen LogP contribution in [0.4, 0.5) is 0 Å². The lowest BCUT2D eigenvalue weighted by molar-refractivity contribution is -0.142. The van der Waals surface area contributed by atoms with Crippen molar-refractivity contribution in [2.45, 2.75) is 20.8 Å². The van der Waals surface area contributed by atoms with Crippen LogP contribution in [-0.4, -0.2) is 20.7 Å². The first-order chi connectivity index (χ1) is 13.4. The zero-order valence-corrected chi connectivity index (χ0v) is 16.1. The van der Waals surface area contributed by atoms with Crippen molar-refractivity contribution >= 4 is 16.9 Å². The first-order valence-electron chi connectivity index (χ1n) is 9.14. The first kappa shape index (κ1) is 17.9. The van der Waals surface area contributed by atoms with Crippen LogP contribution in [0.5, 0.6) is 5.75 Å². The van der Waals surface area contributed by atoms with Crippen molar-refractivity contribution in [3.8, 4) is 22.7 Å². The maximum atomic E-state index is 12.0. The summed E-state index contributed by atoms with van der Waals surface area (Å²) in [5, 5.41) is 5.55. The summed E-state index contributed by atoms with van der Waals surface area (Å²) in [6.07, 6.45) is 3.73. The van der Waals surface area contributed by atoms with Crippen molar-refractivity contribution in [3.63, 3.8) is 0 Å². The van der Waals surface area contributed by atoms with E-state index in [0.717, 1.165) is 27.8 Å². The van der Waals surface area contributed by atoms with E-state index in [-0.39, 0.29) is 5.97 Å². The Morgan fingerprint density at radius 2 is 1.71 bits per heavy atom. The van der Waals surface area contributed by atoms with E-state index in [1.165, 1.54) is 0 Å². The highest BCUT2D eigenvalue weighted by Gasteiger charge is 2.23. The van der Waals surface area contributed by atoms with Gasteiger partial charge in [0.05, 0.1) is 28.5 Å². The van der Waals surface area contributed by atoms with E-state index in [4.69, 9.17) is 9.72 Å². The highest BCUT2D eigenvalue weighted by molar-refractivity contribution is 5.81. The van der Waals surface area contributed by atoms with Gasteiger partial charge in [-0.25, -0.2) is 9.67 Å². The van der Waals surface area contributed by atoms with E-state index < -0.39 is 5.41 Å². The Balaban J connectivity index is 1.56. The third-order valence-electron chi connectivity index (χ3n) is 4.40. The molecule has 5 heteroatoms. The normalized spacial score (nSPS) is 11.5.